The lowest BCUT2D eigenvalue weighted by Gasteiger charge is -2.01. The van der Waals surface area contributed by atoms with Crippen LogP contribution in [-0.2, 0) is 0 Å². The Kier molecular flexibility index (Phi) is 2.15. The van der Waals surface area contributed by atoms with E-state index in [2.05, 4.69) is 15.0 Å². The van der Waals surface area contributed by atoms with Crippen molar-refractivity contribution in [2.45, 2.75) is 6.92 Å². The van der Waals surface area contributed by atoms with Gasteiger partial charge in [0.25, 0.3) is 0 Å². The van der Waals surface area contributed by atoms with Gasteiger partial charge in [-0.2, -0.15) is 0 Å². The number of benzene rings is 1. The van der Waals surface area contributed by atoms with E-state index in [0.29, 0.717) is 5.69 Å². The van der Waals surface area contributed by atoms with Crippen molar-refractivity contribution in [3.05, 3.63) is 50.6 Å². The molecule has 5 nitrogen and oxygen atoms in total. The number of fused-ring (bicyclic) bond motifs is 1. The van der Waals surface area contributed by atoms with E-state index in [0.717, 1.165) is 16.5 Å². The lowest BCUT2D eigenvalue weighted by atomic mass is 10.1. The molecule has 0 radical (unpaired) electrons. The molecule has 1 N–H and O–H groups in total. The maximum Gasteiger partial charge on any atom is 0.248 e. The fraction of sp³-hybridized carbons (Fsp3) is 0.100. The first-order valence-electron chi connectivity index (χ1n) is 4.39. The highest BCUT2D eigenvalue weighted by atomic mass is 16.1. The Balaban J connectivity index is 2.82. The average Bonchev–Trinajstić information content (AvgIpc) is 2.19. The molecule has 2 aromatic rings. The summed E-state index contributed by atoms with van der Waals surface area (Å²) in [5.41, 5.74) is 10.3. The minimum Gasteiger partial charge on any atom is -0.322 e. The first kappa shape index (κ1) is 9.30. The summed E-state index contributed by atoms with van der Waals surface area (Å²) >= 11 is 0. The molecule has 1 heterocycles. The summed E-state index contributed by atoms with van der Waals surface area (Å²) in [6, 6.07) is 6.66. The molecule has 1 aromatic carbocycles. The zero-order valence-corrected chi connectivity index (χ0v) is 8.06. The van der Waals surface area contributed by atoms with Gasteiger partial charge in [-0.25, -0.2) is 0 Å². The van der Waals surface area contributed by atoms with Gasteiger partial charge in [0.15, 0.2) is 0 Å². The van der Waals surface area contributed by atoms with E-state index in [-0.39, 0.29) is 5.56 Å². The standard InChI is InChI=1S/C10H8N4O/c1-6-4-10(15)12-9-3-2-7(13-14-11)5-8(6)9/h2-5H,1H3,(H,12,15). The van der Waals surface area contributed by atoms with Crippen molar-refractivity contribution in [3.63, 3.8) is 0 Å². The highest BCUT2D eigenvalue weighted by Crippen LogP contribution is 2.21. The molecule has 0 unspecified atom stereocenters. The number of nitrogens with zero attached hydrogens (tertiary/aromatic N) is 3. The van der Waals surface area contributed by atoms with Gasteiger partial charge < -0.3 is 4.98 Å². The Hall–Kier alpha value is -2.26. The summed E-state index contributed by atoms with van der Waals surface area (Å²) in [7, 11) is 0. The first-order valence-corrected chi connectivity index (χ1v) is 4.39. The maximum atomic E-state index is 11.2. The van der Waals surface area contributed by atoms with Crippen LogP contribution in [0.25, 0.3) is 21.3 Å². The number of aromatic amines is 1. The lowest BCUT2D eigenvalue weighted by molar-refractivity contribution is 1.27. The van der Waals surface area contributed by atoms with Crippen molar-refractivity contribution in [1.29, 1.82) is 0 Å². The summed E-state index contributed by atoms with van der Waals surface area (Å²) < 4.78 is 0. The van der Waals surface area contributed by atoms with Gasteiger partial charge in [-0.3, -0.25) is 4.79 Å². The third-order valence-corrected chi connectivity index (χ3v) is 2.19. The van der Waals surface area contributed by atoms with E-state index in [4.69, 9.17) is 5.53 Å². The molecule has 5 heteroatoms. The Bertz CT molecular complexity index is 623. The summed E-state index contributed by atoms with van der Waals surface area (Å²) in [5.74, 6) is 0. The van der Waals surface area contributed by atoms with Crippen molar-refractivity contribution in [3.8, 4) is 0 Å². The van der Waals surface area contributed by atoms with Gasteiger partial charge >= 0.3 is 0 Å². The molecular formula is C10H8N4O. The van der Waals surface area contributed by atoms with E-state index < -0.39 is 0 Å². The predicted octanol–water partition coefficient (Wildman–Crippen LogP) is 2.78. The number of H-pyrrole nitrogens is 1. The second-order valence-electron chi connectivity index (χ2n) is 3.24. The van der Waals surface area contributed by atoms with Crippen molar-refractivity contribution >= 4 is 16.6 Å². The van der Waals surface area contributed by atoms with Crippen molar-refractivity contribution < 1.29 is 0 Å². The topological polar surface area (TPSA) is 81.6 Å². The first-order chi connectivity index (χ1) is 7.20. The van der Waals surface area contributed by atoms with Gasteiger partial charge in [-0.15, -0.1) is 0 Å². The second kappa shape index (κ2) is 3.48. The summed E-state index contributed by atoms with van der Waals surface area (Å²) in [4.78, 5) is 16.6. The number of pyridine rings is 1. The molecule has 0 spiro atoms. The van der Waals surface area contributed by atoms with E-state index in [1.165, 1.54) is 6.07 Å². The molecule has 0 fully saturated rings. The third-order valence-electron chi connectivity index (χ3n) is 2.19. The number of rotatable bonds is 1. The van der Waals surface area contributed by atoms with Gasteiger partial charge in [0.05, 0.1) is 0 Å². The zero-order valence-electron chi connectivity index (χ0n) is 8.06. The Labute approximate surface area is 85.0 Å². The van der Waals surface area contributed by atoms with Crippen LogP contribution in [-0.4, -0.2) is 4.98 Å². The van der Waals surface area contributed by atoms with Crippen LogP contribution in [0.2, 0.25) is 0 Å². The fourth-order valence-corrected chi connectivity index (χ4v) is 1.52. The van der Waals surface area contributed by atoms with Gasteiger partial charge in [0, 0.05) is 27.6 Å². The number of azide groups is 1. The lowest BCUT2D eigenvalue weighted by Crippen LogP contribution is -2.04. The number of nitrogens with one attached hydrogen (secondary N) is 1. The number of aromatic nitrogens is 1. The van der Waals surface area contributed by atoms with Crippen LogP contribution in [0, 0.1) is 6.92 Å². The summed E-state index contributed by atoms with van der Waals surface area (Å²) in [6.07, 6.45) is 0. The van der Waals surface area contributed by atoms with E-state index in [1.807, 2.05) is 6.92 Å². The van der Waals surface area contributed by atoms with Crippen LogP contribution in [0.3, 0.4) is 0 Å². The minimum absolute atomic E-state index is 0.128. The number of aryl methyl sites for hydroxylation is 1. The molecule has 74 valence electrons. The largest absolute Gasteiger partial charge is 0.322 e. The normalized spacial score (nSPS) is 9.93. The van der Waals surface area contributed by atoms with Crippen LogP contribution >= 0.6 is 0 Å². The molecule has 0 aliphatic carbocycles. The third kappa shape index (κ3) is 1.68. The zero-order chi connectivity index (χ0) is 10.8. The Morgan fingerprint density at radius 3 is 2.93 bits per heavy atom. The number of hydrogen-bond acceptors (Lipinski definition) is 2. The highest BCUT2D eigenvalue weighted by molar-refractivity contribution is 5.84. The Morgan fingerprint density at radius 1 is 1.40 bits per heavy atom. The van der Waals surface area contributed by atoms with Crippen LogP contribution in [0.1, 0.15) is 5.56 Å². The van der Waals surface area contributed by atoms with E-state index in [9.17, 15) is 4.79 Å². The maximum absolute atomic E-state index is 11.2. The second-order valence-corrected chi connectivity index (χ2v) is 3.24. The average molecular weight is 200 g/mol. The molecule has 2 rings (SSSR count). The molecule has 0 saturated heterocycles. The summed E-state index contributed by atoms with van der Waals surface area (Å²) in [6.45, 7) is 1.84. The molecule has 0 bridgehead atoms. The van der Waals surface area contributed by atoms with Crippen molar-refractivity contribution in [1.82, 2.24) is 4.98 Å². The quantitative estimate of drug-likeness (QED) is 0.428. The van der Waals surface area contributed by atoms with E-state index in [1.54, 1.807) is 18.2 Å². The predicted molar refractivity (Wildman–Crippen MR) is 58.1 cm³/mol. The smallest absolute Gasteiger partial charge is 0.248 e. The van der Waals surface area contributed by atoms with E-state index >= 15 is 0 Å². The highest BCUT2D eigenvalue weighted by Gasteiger charge is 1.99. The van der Waals surface area contributed by atoms with Gasteiger partial charge in [0.1, 0.15) is 0 Å². The monoisotopic (exact) mass is 200 g/mol. The molecule has 0 saturated carbocycles. The van der Waals surface area contributed by atoms with Crippen LogP contribution in [0.15, 0.2) is 34.2 Å². The van der Waals surface area contributed by atoms with Crippen LogP contribution in [0.5, 0.6) is 0 Å². The Morgan fingerprint density at radius 2 is 2.20 bits per heavy atom. The van der Waals surface area contributed by atoms with Gasteiger partial charge in [-0.1, -0.05) is 11.2 Å². The molecule has 0 atom stereocenters. The molecule has 1 aromatic heterocycles. The van der Waals surface area contributed by atoms with Gasteiger partial charge in [-0.05, 0) is 30.2 Å². The molecule has 0 aliphatic heterocycles. The van der Waals surface area contributed by atoms with Gasteiger partial charge in [0.2, 0.25) is 5.56 Å². The molecule has 0 aliphatic rings. The van der Waals surface area contributed by atoms with Crippen LogP contribution < -0.4 is 5.56 Å². The van der Waals surface area contributed by atoms with Crippen molar-refractivity contribution in [2.24, 2.45) is 5.11 Å². The fourth-order valence-electron chi connectivity index (χ4n) is 1.52. The van der Waals surface area contributed by atoms with Crippen molar-refractivity contribution in [2.75, 3.05) is 0 Å². The minimum atomic E-state index is -0.128. The SMILES string of the molecule is Cc1cc(=O)[nH]c2ccc(N=[N+]=[N-])cc12. The van der Waals surface area contributed by atoms with Crippen LogP contribution in [0.4, 0.5) is 5.69 Å². The molecule has 15 heavy (non-hydrogen) atoms. The number of hydrogen-bond donors (Lipinski definition) is 1. The molecule has 0 amide bonds. The molecular weight excluding hydrogens is 192 g/mol. The summed E-state index contributed by atoms with van der Waals surface area (Å²) in [5, 5.41) is 4.40.